The molecule has 0 aliphatic rings. The average molecular weight is 503 g/mol. The largest absolute Gasteiger partial charge is 0.490 e. The third kappa shape index (κ3) is 7.93. The van der Waals surface area contributed by atoms with E-state index in [1.807, 2.05) is 57.2 Å². The van der Waals surface area contributed by atoms with Gasteiger partial charge in [-0.3, -0.25) is 14.4 Å². The monoisotopic (exact) mass is 502 g/mol. The van der Waals surface area contributed by atoms with Gasteiger partial charge in [-0.15, -0.1) is 0 Å². The molecule has 0 radical (unpaired) electrons. The highest BCUT2D eigenvalue weighted by Crippen LogP contribution is 2.28. The quantitative estimate of drug-likeness (QED) is 0.220. The first kappa shape index (κ1) is 26.9. The summed E-state index contributed by atoms with van der Waals surface area (Å²) in [5.74, 6) is -1.22. The number of anilines is 2. The molecule has 3 N–H and O–H groups in total. The number of amides is 3. The number of rotatable bonds is 10. The lowest BCUT2D eigenvalue weighted by molar-refractivity contribution is -0.136. The predicted molar refractivity (Wildman–Crippen MR) is 143 cm³/mol. The van der Waals surface area contributed by atoms with Gasteiger partial charge < -0.3 is 20.1 Å². The Kier molecular flexibility index (Phi) is 9.78. The molecule has 37 heavy (non-hydrogen) atoms. The molecule has 3 aromatic carbocycles. The second-order valence-corrected chi connectivity index (χ2v) is 7.95. The number of hydrogen-bond donors (Lipinski definition) is 3. The van der Waals surface area contributed by atoms with Crippen molar-refractivity contribution in [1.29, 1.82) is 0 Å². The fourth-order valence-electron chi connectivity index (χ4n) is 3.38. The van der Waals surface area contributed by atoms with E-state index >= 15 is 0 Å². The minimum absolute atomic E-state index is 0.200. The highest BCUT2D eigenvalue weighted by atomic mass is 16.5. The van der Waals surface area contributed by atoms with E-state index in [-0.39, 0.29) is 12.5 Å². The average Bonchev–Trinajstić information content (AvgIpc) is 2.90. The lowest BCUT2D eigenvalue weighted by Crippen LogP contribution is -2.32. The van der Waals surface area contributed by atoms with E-state index in [2.05, 4.69) is 21.2 Å². The van der Waals surface area contributed by atoms with Crippen LogP contribution in [-0.4, -0.2) is 37.1 Å². The molecule has 0 aliphatic heterocycles. The van der Waals surface area contributed by atoms with Crippen LogP contribution in [0.3, 0.4) is 0 Å². The molecule has 0 spiro atoms. The Morgan fingerprint density at radius 2 is 1.57 bits per heavy atom. The van der Waals surface area contributed by atoms with Crippen molar-refractivity contribution in [2.24, 2.45) is 5.10 Å². The molecular formula is C28H30N4O5. The van der Waals surface area contributed by atoms with Crippen molar-refractivity contribution in [3.63, 3.8) is 0 Å². The maximum atomic E-state index is 12.3. The fraction of sp³-hybridized carbons (Fsp3) is 0.214. The van der Waals surface area contributed by atoms with E-state index in [4.69, 9.17) is 9.47 Å². The number of hydrogen-bond acceptors (Lipinski definition) is 6. The van der Waals surface area contributed by atoms with Gasteiger partial charge in [0.15, 0.2) is 18.1 Å². The summed E-state index contributed by atoms with van der Waals surface area (Å²) in [6, 6.07) is 19.7. The van der Waals surface area contributed by atoms with Gasteiger partial charge in [0.2, 0.25) is 0 Å². The molecule has 0 heterocycles. The van der Waals surface area contributed by atoms with E-state index in [1.165, 1.54) is 6.21 Å². The number of nitrogens with zero attached hydrogens (tertiary/aromatic N) is 1. The number of para-hydroxylation sites is 2. The Bertz CT molecular complexity index is 1290. The Morgan fingerprint density at radius 1 is 0.838 bits per heavy atom. The second kappa shape index (κ2) is 13.4. The number of ether oxygens (including phenoxy) is 2. The minimum atomic E-state index is -0.896. The molecule has 0 unspecified atom stereocenters. The summed E-state index contributed by atoms with van der Waals surface area (Å²) in [5.41, 5.74) is 5.98. The zero-order chi connectivity index (χ0) is 26.6. The summed E-state index contributed by atoms with van der Waals surface area (Å²) in [7, 11) is 0. The maximum Gasteiger partial charge on any atom is 0.329 e. The van der Waals surface area contributed by atoms with Gasteiger partial charge in [0.05, 0.1) is 12.8 Å². The topological polar surface area (TPSA) is 118 Å². The lowest BCUT2D eigenvalue weighted by Gasteiger charge is -2.13. The van der Waals surface area contributed by atoms with Crippen molar-refractivity contribution in [3.8, 4) is 11.5 Å². The molecular weight excluding hydrogens is 472 g/mol. The summed E-state index contributed by atoms with van der Waals surface area (Å²) < 4.78 is 11.3. The van der Waals surface area contributed by atoms with Gasteiger partial charge in [0, 0.05) is 11.4 Å². The molecule has 0 aromatic heterocycles. The van der Waals surface area contributed by atoms with Crippen LogP contribution in [0.15, 0.2) is 71.8 Å². The number of carbonyl (C=O) groups excluding carboxylic acids is 3. The van der Waals surface area contributed by atoms with Crippen molar-refractivity contribution in [2.75, 3.05) is 23.8 Å². The summed E-state index contributed by atoms with van der Waals surface area (Å²) in [6.07, 6.45) is 2.10. The number of nitrogens with one attached hydrogen (secondary N) is 3. The smallest absolute Gasteiger partial charge is 0.329 e. The van der Waals surface area contributed by atoms with Gasteiger partial charge in [-0.2, -0.15) is 5.10 Å². The molecule has 0 saturated heterocycles. The molecule has 3 aromatic rings. The fourth-order valence-corrected chi connectivity index (χ4v) is 3.38. The van der Waals surface area contributed by atoms with Crippen LogP contribution in [0.2, 0.25) is 0 Å². The van der Waals surface area contributed by atoms with Gasteiger partial charge in [0.1, 0.15) is 0 Å². The zero-order valence-corrected chi connectivity index (χ0v) is 21.0. The Morgan fingerprint density at radius 3 is 2.30 bits per heavy atom. The van der Waals surface area contributed by atoms with E-state index in [9.17, 15) is 14.4 Å². The number of aryl methyl sites for hydroxylation is 2. The highest BCUT2D eigenvalue weighted by molar-refractivity contribution is 6.39. The van der Waals surface area contributed by atoms with Crippen LogP contribution in [0.25, 0.3) is 0 Å². The van der Waals surface area contributed by atoms with Crippen molar-refractivity contribution < 1.29 is 23.9 Å². The Balaban J connectivity index is 1.57. The number of hydrazone groups is 1. The van der Waals surface area contributed by atoms with E-state index in [1.54, 1.807) is 30.3 Å². The third-order valence-corrected chi connectivity index (χ3v) is 5.28. The van der Waals surface area contributed by atoms with Gasteiger partial charge in [0.25, 0.3) is 5.91 Å². The van der Waals surface area contributed by atoms with Gasteiger partial charge in [-0.25, -0.2) is 5.43 Å². The Labute approximate surface area is 215 Å². The first-order valence-corrected chi connectivity index (χ1v) is 11.9. The minimum Gasteiger partial charge on any atom is -0.490 e. The van der Waals surface area contributed by atoms with Crippen molar-refractivity contribution in [3.05, 3.63) is 83.4 Å². The van der Waals surface area contributed by atoms with E-state index in [0.29, 0.717) is 29.4 Å². The molecule has 0 atom stereocenters. The van der Waals surface area contributed by atoms with Crippen molar-refractivity contribution >= 4 is 35.3 Å². The van der Waals surface area contributed by atoms with E-state index < -0.39 is 11.8 Å². The van der Waals surface area contributed by atoms with Crippen LogP contribution in [-0.2, 0) is 20.8 Å². The van der Waals surface area contributed by atoms with Crippen LogP contribution in [0.5, 0.6) is 11.5 Å². The molecule has 3 rings (SSSR count). The molecule has 0 saturated carbocycles. The maximum absolute atomic E-state index is 12.3. The lowest BCUT2D eigenvalue weighted by atomic mass is 10.1. The van der Waals surface area contributed by atoms with Crippen LogP contribution in [0.1, 0.15) is 30.5 Å². The van der Waals surface area contributed by atoms with Gasteiger partial charge in [-0.05, 0) is 67.3 Å². The highest BCUT2D eigenvalue weighted by Gasteiger charge is 2.14. The first-order valence-electron chi connectivity index (χ1n) is 11.9. The van der Waals surface area contributed by atoms with Crippen molar-refractivity contribution in [2.45, 2.75) is 27.2 Å². The summed E-state index contributed by atoms with van der Waals surface area (Å²) in [6.45, 7) is 5.87. The molecule has 192 valence electrons. The summed E-state index contributed by atoms with van der Waals surface area (Å²) in [4.78, 5) is 36.7. The van der Waals surface area contributed by atoms with E-state index in [0.717, 1.165) is 23.2 Å². The number of carbonyl (C=O) groups is 3. The molecule has 0 bridgehead atoms. The summed E-state index contributed by atoms with van der Waals surface area (Å²) >= 11 is 0. The predicted octanol–water partition coefficient (Wildman–Crippen LogP) is 4.06. The standard InChI is InChI=1S/C28H30N4O5/c1-4-21-11-7-9-13-23(21)31-27(34)28(35)32-29-17-20-14-15-24(25(16-20)36-5-2)37-18-26(33)30-22-12-8-6-10-19(22)3/h6-17H,4-5,18H2,1-3H3,(H,30,33)(H,31,34)(H,32,35)/b29-17-. The summed E-state index contributed by atoms with van der Waals surface area (Å²) in [5, 5.41) is 9.27. The van der Waals surface area contributed by atoms with Crippen molar-refractivity contribution in [1.82, 2.24) is 5.43 Å². The first-order chi connectivity index (χ1) is 17.9. The van der Waals surface area contributed by atoms with Crippen LogP contribution in [0.4, 0.5) is 11.4 Å². The van der Waals surface area contributed by atoms with Crippen LogP contribution < -0.4 is 25.5 Å². The van der Waals surface area contributed by atoms with Crippen LogP contribution >= 0.6 is 0 Å². The third-order valence-electron chi connectivity index (χ3n) is 5.28. The zero-order valence-electron chi connectivity index (χ0n) is 21.0. The molecule has 0 fully saturated rings. The molecule has 9 nitrogen and oxygen atoms in total. The molecule has 3 amide bonds. The number of benzene rings is 3. The van der Waals surface area contributed by atoms with Gasteiger partial charge >= 0.3 is 11.8 Å². The Hall–Kier alpha value is -4.66. The normalized spacial score (nSPS) is 10.6. The van der Waals surface area contributed by atoms with Crippen LogP contribution in [0, 0.1) is 6.92 Å². The van der Waals surface area contributed by atoms with Gasteiger partial charge in [-0.1, -0.05) is 43.3 Å². The second-order valence-electron chi connectivity index (χ2n) is 7.95. The molecule has 0 aliphatic carbocycles. The molecule has 9 heteroatoms. The SMILES string of the molecule is CCOc1cc(/C=N\NC(=O)C(=O)Nc2ccccc2CC)ccc1OCC(=O)Nc1ccccc1C.